The maximum absolute atomic E-state index is 12.1. The lowest BCUT2D eigenvalue weighted by Crippen LogP contribution is -2.15. The van der Waals surface area contributed by atoms with Crippen LogP contribution in [0.5, 0.6) is 0 Å². The van der Waals surface area contributed by atoms with Crippen LogP contribution in [0.3, 0.4) is 0 Å². The van der Waals surface area contributed by atoms with Gasteiger partial charge in [0, 0.05) is 5.69 Å². The first-order chi connectivity index (χ1) is 12.7. The zero-order valence-electron chi connectivity index (χ0n) is 14.6. The van der Waals surface area contributed by atoms with Crippen molar-refractivity contribution in [2.45, 2.75) is 37.5 Å². The molecule has 0 radical (unpaired) electrons. The highest BCUT2D eigenvalue weighted by Gasteiger charge is 2.21. The molecule has 1 aromatic heterocycles. The van der Waals surface area contributed by atoms with Gasteiger partial charge in [0.25, 0.3) is 0 Å². The fourth-order valence-electron chi connectivity index (χ4n) is 2.98. The van der Waals surface area contributed by atoms with Crippen LogP contribution in [0.1, 0.15) is 47.9 Å². The molecule has 0 spiro atoms. The third-order valence-corrected chi connectivity index (χ3v) is 5.21. The minimum atomic E-state index is -0.404. The van der Waals surface area contributed by atoms with Gasteiger partial charge in [-0.05, 0) is 47.5 Å². The van der Waals surface area contributed by atoms with Gasteiger partial charge in [0.1, 0.15) is 0 Å². The number of thioether (sulfide) groups is 1. The number of nitrogens with one attached hydrogen (secondary N) is 1. The van der Waals surface area contributed by atoms with Crippen molar-refractivity contribution >= 4 is 29.3 Å². The average Bonchev–Trinajstić information content (AvgIpc) is 3.33. The number of hydrogen-bond acceptors (Lipinski definition) is 7. The molecular weight excluding hydrogens is 354 g/mol. The van der Waals surface area contributed by atoms with Crippen LogP contribution in [0, 0.1) is 0 Å². The number of carbonyl (C=O) groups is 2. The lowest BCUT2D eigenvalue weighted by molar-refractivity contribution is -0.113. The molecule has 1 fully saturated rings. The molecule has 0 saturated heterocycles. The first kappa shape index (κ1) is 18.4. The molecule has 1 N–H and O–H groups in total. The highest BCUT2D eigenvalue weighted by molar-refractivity contribution is 7.99. The lowest BCUT2D eigenvalue weighted by atomic mass is 10.2. The van der Waals surface area contributed by atoms with Crippen LogP contribution >= 0.6 is 11.8 Å². The van der Waals surface area contributed by atoms with Crippen molar-refractivity contribution in [1.29, 1.82) is 0 Å². The van der Waals surface area contributed by atoms with Gasteiger partial charge in [-0.3, -0.25) is 4.79 Å². The molecule has 1 aliphatic carbocycles. The van der Waals surface area contributed by atoms with Gasteiger partial charge in [-0.15, -0.1) is 16.9 Å². The summed E-state index contributed by atoms with van der Waals surface area (Å²) in [5.41, 5.74) is 1.08. The van der Waals surface area contributed by atoms with Crippen LogP contribution in [0.4, 0.5) is 5.69 Å². The molecule has 138 valence electrons. The van der Waals surface area contributed by atoms with Crippen molar-refractivity contribution in [3.05, 3.63) is 35.7 Å². The number of benzene rings is 1. The Hall–Kier alpha value is -2.42. The molecule has 1 heterocycles. The summed E-state index contributed by atoms with van der Waals surface area (Å²) in [6.07, 6.45) is 4.66. The first-order valence-corrected chi connectivity index (χ1v) is 9.65. The van der Waals surface area contributed by atoms with Gasteiger partial charge in [-0.2, -0.15) is 0 Å². The van der Waals surface area contributed by atoms with E-state index in [-0.39, 0.29) is 5.91 Å². The maximum atomic E-state index is 12.1. The number of rotatable bonds is 7. The second-order valence-corrected chi connectivity index (χ2v) is 7.07. The minimum Gasteiger partial charge on any atom is -0.465 e. The van der Waals surface area contributed by atoms with Gasteiger partial charge in [-0.25, -0.2) is 9.48 Å². The van der Waals surface area contributed by atoms with E-state index in [0.717, 1.165) is 18.7 Å². The second kappa shape index (κ2) is 8.79. The monoisotopic (exact) mass is 375 g/mol. The molecular formula is C17H21N5O3S. The SMILES string of the molecule is COC(=O)c1ccc(NC(=O)CSCc2nnnn2C2CCCC2)cc1. The number of aromatic nitrogens is 4. The molecule has 2 aromatic rings. The van der Waals surface area contributed by atoms with Crippen LogP contribution in [0.2, 0.25) is 0 Å². The van der Waals surface area contributed by atoms with Crippen LogP contribution in [0.25, 0.3) is 0 Å². The van der Waals surface area contributed by atoms with E-state index < -0.39 is 5.97 Å². The zero-order chi connectivity index (χ0) is 18.4. The Balaban J connectivity index is 1.46. The van der Waals surface area contributed by atoms with E-state index in [2.05, 4.69) is 25.6 Å². The summed E-state index contributed by atoms with van der Waals surface area (Å²) in [6.45, 7) is 0. The molecule has 1 saturated carbocycles. The molecule has 3 rings (SSSR count). The Labute approximate surface area is 155 Å². The molecule has 0 aliphatic heterocycles. The molecule has 1 amide bonds. The number of tetrazole rings is 1. The Morgan fingerprint density at radius 2 is 2.00 bits per heavy atom. The molecule has 1 aliphatic rings. The lowest BCUT2D eigenvalue weighted by Gasteiger charge is -2.11. The van der Waals surface area contributed by atoms with Gasteiger partial charge in [0.15, 0.2) is 5.82 Å². The quantitative estimate of drug-likeness (QED) is 0.742. The Bertz CT molecular complexity index is 756. The summed E-state index contributed by atoms with van der Waals surface area (Å²) in [7, 11) is 1.33. The van der Waals surface area contributed by atoms with Gasteiger partial charge >= 0.3 is 5.97 Å². The number of nitrogens with zero attached hydrogens (tertiary/aromatic N) is 4. The summed E-state index contributed by atoms with van der Waals surface area (Å²) in [6, 6.07) is 6.97. The van der Waals surface area contributed by atoms with E-state index in [1.165, 1.54) is 31.7 Å². The van der Waals surface area contributed by atoms with Crippen LogP contribution in [-0.4, -0.2) is 44.9 Å². The molecule has 1 aromatic carbocycles. The van der Waals surface area contributed by atoms with Gasteiger partial charge in [-0.1, -0.05) is 12.8 Å². The third-order valence-electron chi connectivity index (χ3n) is 4.29. The number of esters is 1. The predicted molar refractivity (Wildman–Crippen MR) is 97.9 cm³/mol. The normalized spacial score (nSPS) is 14.3. The average molecular weight is 375 g/mol. The van der Waals surface area contributed by atoms with Crippen LogP contribution < -0.4 is 5.32 Å². The van der Waals surface area contributed by atoms with Crippen LogP contribution in [-0.2, 0) is 15.3 Å². The van der Waals surface area contributed by atoms with Crippen LogP contribution in [0.15, 0.2) is 24.3 Å². The highest BCUT2D eigenvalue weighted by Crippen LogP contribution is 2.29. The van der Waals surface area contributed by atoms with Crippen molar-refractivity contribution in [3.63, 3.8) is 0 Å². The molecule has 9 heteroatoms. The largest absolute Gasteiger partial charge is 0.465 e. The Kier molecular flexibility index (Phi) is 6.21. The van der Waals surface area contributed by atoms with Crippen molar-refractivity contribution in [2.24, 2.45) is 0 Å². The summed E-state index contributed by atoms with van der Waals surface area (Å²) in [5.74, 6) is 1.20. The minimum absolute atomic E-state index is 0.110. The Morgan fingerprint density at radius 1 is 1.27 bits per heavy atom. The van der Waals surface area contributed by atoms with Gasteiger partial charge in [0.05, 0.1) is 30.2 Å². The van der Waals surface area contributed by atoms with E-state index in [1.807, 2.05) is 4.68 Å². The predicted octanol–water partition coefficient (Wildman–Crippen LogP) is 2.45. The first-order valence-electron chi connectivity index (χ1n) is 8.50. The number of methoxy groups -OCH3 is 1. The Morgan fingerprint density at radius 3 is 2.69 bits per heavy atom. The number of ether oxygens (including phenoxy) is 1. The van der Waals surface area contributed by atoms with E-state index in [4.69, 9.17) is 0 Å². The van der Waals surface area contributed by atoms with Crippen molar-refractivity contribution < 1.29 is 14.3 Å². The van der Waals surface area contributed by atoms with E-state index in [0.29, 0.717) is 28.8 Å². The number of amides is 1. The number of carbonyl (C=O) groups excluding carboxylic acids is 2. The van der Waals surface area contributed by atoms with E-state index in [1.54, 1.807) is 24.3 Å². The summed E-state index contributed by atoms with van der Waals surface area (Å²) in [5, 5.41) is 14.8. The van der Waals surface area contributed by atoms with Gasteiger partial charge < -0.3 is 10.1 Å². The third kappa shape index (κ3) is 4.60. The second-order valence-electron chi connectivity index (χ2n) is 6.09. The smallest absolute Gasteiger partial charge is 0.337 e. The summed E-state index contributed by atoms with van der Waals surface area (Å²) < 4.78 is 6.55. The maximum Gasteiger partial charge on any atom is 0.337 e. The van der Waals surface area contributed by atoms with Crippen molar-refractivity contribution in [1.82, 2.24) is 20.2 Å². The fraction of sp³-hybridized carbons (Fsp3) is 0.471. The van der Waals surface area contributed by atoms with Gasteiger partial charge in [0.2, 0.25) is 5.91 Å². The summed E-state index contributed by atoms with van der Waals surface area (Å²) in [4.78, 5) is 23.5. The van der Waals surface area contributed by atoms with Crippen molar-refractivity contribution in [3.8, 4) is 0 Å². The number of anilines is 1. The highest BCUT2D eigenvalue weighted by atomic mass is 32.2. The zero-order valence-corrected chi connectivity index (χ0v) is 15.4. The standard InChI is InChI=1S/C17H21N5O3S/c1-25-17(24)12-6-8-13(9-7-12)18-16(23)11-26-10-15-19-20-21-22(15)14-4-2-3-5-14/h6-9,14H,2-5,10-11H2,1H3,(H,18,23). The van der Waals surface area contributed by atoms with Crippen molar-refractivity contribution in [2.75, 3.05) is 18.2 Å². The molecule has 0 atom stereocenters. The topological polar surface area (TPSA) is 99.0 Å². The van der Waals surface area contributed by atoms with E-state index in [9.17, 15) is 9.59 Å². The summed E-state index contributed by atoms with van der Waals surface area (Å²) >= 11 is 1.47. The number of hydrogen-bond donors (Lipinski definition) is 1. The molecule has 0 bridgehead atoms. The molecule has 26 heavy (non-hydrogen) atoms. The molecule has 8 nitrogen and oxygen atoms in total. The molecule has 0 unspecified atom stereocenters. The van der Waals surface area contributed by atoms with E-state index >= 15 is 0 Å². The fourth-order valence-corrected chi connectivity index (χ4v) is 3.71.